The van der Waals surface area contributed by atoms with Crippen molar-refractivity contribution in [1.82, 2.24) is 20.0 Å². The smallest absolute Gasteiger partial charge is 0.317 e. The van der Waals surface area contributed by atoms with Crippen molar-refractivity contribution in [3.05, 3.63) is 35.6 Å². The monoisotopic (exact) mass is 320 g/mol. The Balaban J connectivity index is 1.50. The molecule has 3 rings (SSSR count). The average molecular weight is 320 g/mol. The number of hydrogen-bond donors (Lipinski definition) is 1. The summed E-state index contributed by atoms with van der Waals surface area (Å²) in [6.07, 6.45) is 0. The maximum Gasteiger partial charge on any atom is 0.317 e. The van der Waals surface area contributed by atoms with E-state index in [1.807, 2.05) is 6.07 Å². The third kappa shape index (κ3) is 3.61. The van der Waals surface area contributed by atoms with Gasteiger partial charge in [-0.3, -0.25) is 9.69 Å². The zero-order valence-corrected chi connectivity index (χ0v) is 13.2. The normalized spacial score (nSPS) is 22.3. The number of benzene rings is 1. The molecule has 2 aliphatic heterocycles. The summed E-state index contributed by atoms with van der Waals surface area (Å²) in [6, 6.07) is 5.96. The van der Waals surface area contributed by atoms with Crippen LogP contribution < -0.4 is 5.32 Å². The van der Waals surface area contributed by atoms with Crippen LogP contribution in [-0.4, -0.2) is 72.5 Å². The number of piperazine rings is 1. The molecule has 0 spiro atoms. The second-order valence-electron chi connectivity index (χ2n) is 6.11. The summed E-state index contributed by atoms with van der Waals surface area (Å²) in [5.74, 6) is -0.245. The van der Waals surface area contributed by atoms with Crippen LogP contribution in [0.15, 0.2) is 24.3 Å². The molecule has 6 nitrogen and oxygen atoms in total. The molecule has 2 heterocycles. The Morgan fingerprint density at radius 3 is 2.65 bits per heavy atom. The van der Waals surface area contributed by atoms with Crippen LogP contribution in [0, 0.1) is 5.82 Å². The van der Waals surface area contributed by atoms with Crippen molar-refractivity contribution in [2.24, 2.45) is 0 Å². The van der Waals surface area contributed by atoms with Crippen LogP contribution in [0.3, 0.4) is 0 Å². The van der Waals surface area contributed by atoms with Crippen molar-refractivity contribution < 1.29 is 14.0 Å². The highest BCUT2D eigenvalue weighted by atomic mass is 19.1. The Kier molecular flexibility index (Phi) is 4.47. The van der Waals surface area contributed by atoms with Crippen molar-refractivity contribution in [2.75, 3.05) is 39.8 Å². The van der Waals surface area contributed by atoms with Crippen molar-refractivity contribution in [2.45, 2.75) is 12.6 Å². The topological polar surface area (TPSA) is 55.9 Å². The van der Waals surface area contributed by atoms with Gasteiger partial charge in [-0.1, -0.05) is 12.1 Å². The second-order valence-corrected chi connectivity index (χ2v) is 6.11. The van der Waals surface area contributed by atoms with Gasteiger partial charge in [0.25, 0.3) is 0 Å². The highest BCUT2D eigenvalue weighted by Gasteiger charge is 2.34. The van der Waals surface area contributed by atoms with Crippen molar-refractivity contribution in [3.8, 4) is 0 Å². The van der Waals surface area contributed by atoms with Gasteiger partial charge < -0.3 is 15.1 Å². The van der Waals surface area contributed by atoms with E-state index in [9.17, 15) is 14.0 Å². The molecule has 2 fully saturated rings. The molecule has 0 radical (unpaired) electrons. The minimum absolute atomic E-state index is 0.0203. The number of halogens is 1. The predicted molar refractivity (Wildman–Crippen MR) is 83.2 cm³/mol. The first-order valence-corrected chi connectivity index (χ1v) is 7.80. The first kappa shape index (κ1) is 15.7. The number of carbonyl (C=O) groups excluding carboxylic acids is 2. The molecule has 0 saturated carbocycles. The van der Waals surface area contributed by atoms with E-state index in [-0.39, 0.29) is 17.8 Å². The highest BCUT2D eigenvalue weighted by molar-refractivity contribution is 5.90. The van der Waals surface area contributed by atoms with Gasteiger partial charge in [-0.25, -0.2) is 9.18 Å². The van der Waals surface area contributed by atoms with E-state index in [1.54, 1.807) is 24.1 Å². The molecule has 0 bridgehead atoms. The van der Waals surface area contributed by atoms with E-state index < -0.39 is 6.04 Å². The fraction of sp³-hybridized carbons (Fsp3) is 0.500. The van der Waals surface area contributed by atoms with Gasteiger partial charge in [-0.2, -0.15) is 0 Å². The summed E-state index contributed by atoms with van der Waals surface area (Å²) < 4.78 is 13.2. The number of amides is 3. The fourth-order valence-electron chi connectivity index (χ4n) is 3.04. The summed E-state index contributed by atoms with van der Waals surface area (Å²) >= 11 is 0. The highest BCUT2D eigenvalue weighted by Crippen LogP contribution is 2.12. The zero-order valence-electron chi connectivity index (χ0n) is 13.2. The standard InChI is InChI=1S/C16H21FN4O2/c1-19-11-14(18-16(19)23)15(22)21-7-5-20(6-8-21)10-12-3-2-4-13(17)9-12/h2-4,9,14H,5-8,10-11H2,1H3,(H,18,23)/t14-/m1/s1. The molecule has 0 aromatic heterocycles. The summed E-state index contributed by atoms with van der Waals surface area (Å²) in [4.78, 5) is 29.4. The lowest BCUT2D eigenvalue weighted by Gasteiger charge is -2.35. The number of hydrogen-bond acceptors (Lipinski definition) is 3. The van der Waals surface area contributed by atoms with E-state index in [1.165, 1.54) is 11.0 Å². The van der Waals surface area contributed by atoms with Gasteiger partial charge in [0, 0.05) is 39.8 Å². The molecule has 23 heavy (non-hydrogen) atoms. The lowest BCUT2D eigenvalue weighted by molar-refractivity contribution is -0.134. The van der Waals surface area contributed by atoms with E-state index in [2.05, 4.69) is 10.2 Å². The van der Waals surface area contributed by atoms with Crippen LogP contribution >= 0.6 is 0 Å². The summed E-state index contributed by atoms with van der Waals surface area (Å²) in [5, 5.41) is 2.70. The van der Waals surface area contributed by atoms with E-state index in [0.29, 0.717) is 26.2 Å². The van der Waals surface area contributed by atoms with Crippen molar-refractivity contribution >= 4 is 11.9 Å². The second kappa shape index (κ2) is 6.54. The molecule has 124 valence electrons. The van der Waals surface area contributed by atoms with E-state index >= 15 is 0 Å². The predicted octanol–water partition coefficient (Wildman–Crippen LogP) is 0.494. The van der Waals surface area contributed by atoms with Gasteiger partial charge in [-0.15, -0.1) is 0 Å². The third-order valence-corrected chi connectivity index (χ3v) is 4.38. The van der Waals surface area contributed by atoms with Crippen LogP contribution in [0.4, 0.5) is 9.18 Å². The van der Waals surface area contributed by atoms with Gasteiger partial charge in [0.05, 0.1) is 6.54 Å². The Morgan fingerprint density at radius 2 is 2.04 bits per heavy atom. The first-order valence-electron chi connectivity index (χ1n) is 7.80. The van der Waals surface area contributed by atoms with Gasteiger partial charge >= 0.3 is 6.03 Å². The number of nitrogens with one attached hydrogen (secondary N) is 1. The van der Waals surface area contributed by atoms with Gasteiger partial charge in [0.2, 0.25) is 5.91 Å². The van der Waals surface area contributed by atoms with Gasteiger partial charge in [0.15, 0.2) is 0 Å². The number of nitrogens with zero attached hydrogens (tertiary/aromatic N) is 3. The quantitative estimate of drug-likeness (QED) is 0.882. The largest absolute Gasteiger partial charge is 0.338 e. The maximum absolute atomic E-state index is 13.2. The fourth-order valence-corrected chi connectivity index (χ4v) is 3.04. The molecular weight excluding hydrogens is 299 g/mol. The minimum atomic E-state index is -0.442. The molecule has 3 amide bonds. The summed E-state index contributed by atoms with van der Waals surface area (Å²) in [5.41, 5.74) is 0.939. The Morgan fingerprint density at radius 1 is 1.30 bits per heavy atom. The molecular formula is C16H21FN4O2. The van der Waals surface area contributed by atoms with Crippen LogP contribution in [0.1, 0.15) is 5.56 Å². The molecule has 1 N–H and O–H groups in total. The van der Waals surface area contributed by atoms with Crippen LogP contribution in [0.25, 0.3) is 0 Å². The SMILES string of the molecule is CN1C[C@H](C(=O)N2CCN(Cc3cccc(F)c3)CC2)NC1=O. The molecule has 1 aromatic carbocycles. The Hall–Kier alpha value is -2.15. The number of carbonyl (C=O) groups is 2. The lowest BCUT2D eigenvalue weighted by atomic mass is 10.2. The molecule has 2 saturated heterocycles. The van der Waals surface area contributed by atoms with Crippen molar-refractivity contribution in [1.29, 1.82) is 0 Å². The molecule has 0 aliphatic carbocycles. The summed E-state index contributed by atoms with van der Waals surface area (Å²) in [6.45, 7) is 3.86. The molecule has 1 aromatic rings. The molecule has 2 aliphatic rings. The van der Waals surface area contributed by atoms with Gasteiger partial charge in [-0.05, 0) is 17.7 Å². The van der Waals surface area contributed by atoms with Crippen LogP contribution in [-0.2, 0) is 11.3 Å². The first-order chi connectivity index (χ1) is 11.0. The van der Waals surface area contributed by atoms with Crippen LogP contribution in [0.5, 0.6) is 0 Å². The lowest BCUT2D eigenvalue weighted by Crippen LogP contribution is -2.53. The minimum Gasteiger partial charge on any atom is -0.338 e. The van der Waals surface area contributed by atoms with Crippen LogP contribution in [0.2, 0.25) is 0 Å². The summed E-state index contributed by atoms with van der Waals surface area (Å²) in [7, 11) is 1.68. The van der Waals surface area contributed by atoms with E-state index in [0.717, 1.165) is 18.7 Å². The zero-order chi connectivity index (χ0) is 16.4. The average Bonchev–Trinajstić information content (AvgIpc) is 2.87. The number of likely N-dealkylation sites (N-methyl/N-ethyl adjacent to an activating group) is 1. The molecule has 0 unspecified atom stereocenters. The maximum atomic E-state index is 13.2. The Labute approximate surface area is 134 Å². The number of urea groups is 1. The number of rotatable bonds is 3. The van der Waals surface area contributed by atoms with Gasteiger partial charge in [0.1, 0.15) is 11.9 Å². The van der Waals surface area contributed by atoms with Crippen molar-refractivity contribution in [3.63, 3.8) is 0 Å². The molecule has 7 heteroatoms. The third-order valence-electron chi connectivity index (χ3n) is 4.38. The van der Waals surface area contributed by atoms with E-state index in [4.69, 9.17) is 0 Å². The molecule has 1 atom stereocenters. The Bertz CT molecular complexity index is 601.